The van der Waals surface area contributed by atoms with Crippen molar-refractivity contribution in [2.45, 2.75) is 52.9 Å². The van der Waals surface area contributed by atoms with E-state index in [1.54, 1.807) is 6.92 Å². The lowest BCUT2D eigenvalue weighted by Crippen LogP contribution is -2.44. The highest BCUT2D eigenvalue weighted by Gasteiger charge is 2.34. The van der Waals surface area contributed by atoms with Crippen LogP contribution in [0.1, 0.15) is 39.1 Å². The number of nitrogens with one attached hydrogen (secondary N) is 1. The number of amides is 1. The van der Waals surface area contributed by atoms with Gasteiger partial charge in [-0.1, -0.05) is 6.92 Å². The number of halogens is 3. The van der Waals surface area contributed by atoms with Crippen molar-refractivity contribution in [3.63, 3.8) is 0 Å². The molecule has 20 heavy (non-hydrogen) atoms. The van der Waals surface area contributed by atoms with E-state index in [4.69, 9.17) is 0 Å². The van der Waals surface area contributed by atoms with Crippen LogP contribution in [0.2, 0.25) is 0 Å². The van der Waals surface area contributed by atoms with E-state index in [0.29, 0.717) is 5.69 Å². The molecule has 0 saturated carbocycles. The maximum atomic E-state index is 12.5. The Hall–Kier alpha value is -1.53. The molecular weight excluding hydrogens is 271 g/mol. The summed E-state index contributed by atoms with van der Waals surface area (Å²) in [6, 6.07) is 0.981. The highest BCUT2D eigenvalue weighted by atomic mass is 19.4. The average Bonchev–Trinajstić information content (AvgIpc) is 2.57. The van der Waals surface area contributed by atoms with Crippen LogP contribution in [0, 0.1) is 12.8 Å². The molecule has 0 aliphatic rings. The van der Waals surface area contributed by atoms with E-state index >= 15 is 0 Å². The lowest BCUT2D eigenvalue weighted by Gasteiger charge is -2.23. The van der Waals surface area contributed by atoms with Gasteiger partial charge in [-0.15, -0.1) is 0 Å². The number of hydrogen-bond donors (Lipinski definition) is 1. The van der Waals surface area contributed by atoms with Gasteiger partial charge >= 0.3 is 6.18 Å². The summed E-state index contributed by atoms with van der Waals surface area (Å²) >= 11 is 0. The van der Waals surface area contributed by atoms with Gasteiger partial charge in [0.05, 0.1) is 12.5 Å². The standard InChI is InChI=1S/C13H20F3N3O/c1-8(11(20)17-12(3,4)5)7-19-9(2)6-10(18-19)13(14,15)16/h6,8H,7H2,1-5H3,(H,17,20)/t8-/m0/s1. The van der Waals surface area contributed by atoms with Gasteiger partial charge in [0.15, 0.2) is 5.69 Å². The van der Waals surface area contributed by atoms with Gasteiger partial charge in [0, 0.05) is 11.2 Å². The maximum absolute atomic E-state index is 12.5. The van der Waals surface area contributed by atoms with Gasteiger partial charge in [-0.05, 0) is 33.8 Å². The van der Waals surface area contributed by atoms with E-state index in [1.807, 2.05) is 20.8 Å². The Bertz CT molecular complexity index is 486. The molecule has 1 amide bonds. The molecule has 0 saturated heterocycles. The first-order valence-corrected chi connectivity index (χ1v) is 6.34. The molecule has 1 atom stereocenters. The van der Waals surface area contributed by atoms with Gasteiger partial charge in [-0.25, -0.2) is 0 Å². The zero-order valence-electron chi connectivity index (χ0n) is 12.3. The summed E-state index contributed by atoms with van der Waals surface area (Å²) in [5.41, 5.74) is -0.923. The number of rotatable bonds is 3. The fraction of sp³-hybridized carbons (Fsp3) is 0.692. The number of carbonyl (C=O) groups is 1. The summed E-state index contributed by atoms with van der Waals surface area (Å²) in [5, 5.41) is 6.30. The Labute approximate surface area is 116 Å². The van der Waals surface area contributed by atoms with Crippen LogP contribution in [0.3, 0.4) is 0 Å². The van der Waals surface area contributed by atoms with Crippen molar-refractivity contribution in [3.05, 3.63) is 17.5 Å². The largest absolute Gasteiger partial charge is 0.435 e. The molecule has 0 spiro atoms. The van der Waals surface area contributed by atoms with Crippen molar-refractivity contribution in [1.29, 1.82) is 0 Å². The number of carbonyl (C=O) groups excluding carboxylic acids is 1. The van der Waals surface area contributed by atoms with Crippen LogP contribution in [0.4, 0.5) is 13.2 Å². The van der Waals surface area contributed by atoms with Crippen molar-refractivity contribution in [1.82, 2.24) is 15.1 Å². The van der Waals surface area contributed by atoms with Crippen LogP contribution in [0.15, 0.2) is 6.07 Å². The van der Waals surface area contributed by atoms with Gasteiger partial charge < -0.3 is 5.32 Å². The monoisotopic (exact) mass is 291 g/mol. The minimum atomic E-state index is -4.47. The van der Waals surface area contributed by atoms with Crippen molar-refractivity contribution >= 4 is 5.91 Å². The molecule has 1 aromatic heterocycles. The Kier molecular flexibility index (Phi) is 4.51. The summed E-state index contributed by atoms with van der Waals surface area (Å²) in [4.78, 5) is 11.9. The quantitative estimate of drug-likeness (QED) is 0.931. The molecule has 1 heterocycles. The third kappa shape index (κ3) is 4.54. The summed E-state index contributed by atoms with van der Waals surface area (Å²) in [5.74, 6) is -0.671. The summed E-state index contributed by atoms with van der Waals surface area (Å²) in [7, 11) is 0. The van der Waals surface area contributed by atoms with Crippen LogP contribution >= 0.6 is 0 Å². The highest BCUT2D eigenvalue weighted by Crippen LogP contribution is 2.28. The molecule has 1 aromatic rings. The Balaban J connectivity index is 2.79. The predicted molar refractivity (Wildman–Crippen MR) is 69.0 cm³/mol. The molecule has 0 aliphatic carbocycles. The second kappa shape index (κ2) is 5.46. The van der Waals surface area contributed by atoms with E-state index in [-0.39, 0.29) is 18.0 Å². The number of alkyl halides is 3. The summed E-state index contributed by atoms with van der Waals surface area (Å²) in [6.07, 6.45) is -4.47. The third-order valence-electron chi connectivity index (χ3n) is 2.66. The van der Waals surface area contributed by atoms with E-state index in [9.17, 15) is 18.0 Å². The van der Waals surface area contributed by atoms with Gasteiger partial charge in [-0.2, -0.15) is 18.3 Å². The Morgan fingerprint density at radius 1 is 1.40 bits per heavy atom. The van der Waals surface area contributed by atoms with E-state index in [0.717, 1.165) is 6.07 Å². The van der Waals surface area contributed by atoms with Crippen LogP contribution < -0.4 is 5.32 Å². The molecule has 0 bridgehead atoms. The average molecular weight is 291 g/mol. The second-order valence-corrected chi connectivity index (χ2v) is 5.99. The van der Waals surface area contributed by atoms with Gasteiger partial charge in [0.1, 0.15) is 0 Å². The molecule has 114 valence electrons. The minimum absolute atomic E-state index is 0.115. The number of hydrogen-bond acceptors (Lipinski definition) is 2. The van der Waals surface area contributed by atoms with Crippen molar-refractivity contribution in [2.75, 3.05) is 0 Å². The van der Waals surface area contributed by atoms with Gasteiger partial charge in [0.2, 0.25) is 5.91 Å². The lowest BCUT2D eigenvalue weighted by atomic mass is 10.1. The molecular formula is C13H20F3N3O. The van der Waals surface area contributed by atoms with E-state index < -0.39 is 17.8 Å². The van der Waals surface area contributed by atoms with Crippen molar-refractivity contribution in [3.8, 4) is 0 Å². The van der Waals surface area contributed by atoms with Gasteiger partial charge in [-0.3, -0.25) is 9.48 Å². The number of aromatic nitrogens is 2. The summed E-state index contributed by atoms with van der Waals surface area (Å²) < 4.78 is 38.9. The predicted octanol–water partition coefficient (Wildman–Crippen LogP) is 2.76. The smallest absolute Gasteiger partial charge is 0.351 e. The molecule has 0 aromatic carbocycles. The normalized spacial score (nSPS) is 14.2. The zero-order valence-corrected chi connectivity index (χ0v) is 12.3. The Morgan fingerprint density at radius 3 is 2.35 bits per heavy atom. The number of nitrogens with zero attached hydrogens (tertiary/aromatic N) is 2. The summed E-state index contributed by atoms with van der Waals surface area (Å²) in [6.45, 7) is 8.85. The van der Waals surface area contributed by atoms with Crippen LogP contribution in [0.5, 0.6) is 0 Å². The molecule has 7 heteroatoms. The molecule has 1 rings (SSSR count). The zero-order chi connectivity index (χ0) is 15.7. The molecule has 0 aliphatic heterocycles. The fourth-order valence-electron chi connectivity index (χ4n) is 1.67. The minimum Gasteiger partial charge on any atom is -0.351 e. The second-order valence-electron chi connectivity index (χ2n) is 5.99. The fourth-order valence-corrected chi connectivity index (χ4v) is 1.67. The lowest BCUT2D eigenvalue weighted by molar-refractivity contribution is -0.141. The first kappa shape index (κ1) is 16.5. The third-order valence-corrected chi connectivity index (χ3v) is 2.66. The van der Waals surface area contributed by atoms with E-state index in [2.05, 4.69) is 10.4 Å². The van der Waals surface area contributed by atoms with Crippen LogP contribution in [-0.2, 0) is 17.5 Å². The topological polar surface area (TPSA) is 46.9 Å². The van der Waals surface area contributed by atoms with Crippen LogP contribution in [0.25, 0.3) is 0 Å². The van der Waals surface area contributed by atoms with Crippen LogP contribution in [-0.4, -0.2) is 21.2 Å². The Morgan fingerprint density at radius 2 is 1.95 bits per heavy atom. The van der Waals surface area contributed by atoms with Crippen molar-refractivity contribution in [2.24, 2.45) is 5.92 Å². The van der Waals surface area contributed by atoms with Gasteiger partial charge in [0.25, 0.3) is 0 Å². The van der Waals surface area contributed by atoms with Crippen molar-refractivity contribution < 1.29 is 18.0 Å². The molecule has 4 nitrogen and oxygen atoms in total. The molecule has 0 unspecified atom stereocenters. The molecule has 0 radical (unpaired) electrons. The molecule has 0 fully saturated rings. The van der Waals surface area contributed by atoms with E-state index in [1.165, 1.54) is 11.6 Å². The maximum Gasteiger partial charge on any atom is 0.435 e. The molecule has 1 N–H and O–H groups in total. The number of aryl methyl sites for hydroxylation is 1. The SMILES string of the molecule is Cc1cc(C(F)(F)F)nn1C[C@H](C)C(=O)NC(C)(C)C. The first-order chi connectivity index (χ1) is 8.90. The first-order valence-electron chi connectivity index (χ1n) is 6.34. The highest BCUT2D eigenvalue weighted by molar-refractivity contribution is 5.78.